The number of carbonyl (C=O) groups is 1. The van der Waals surface area contributed by atoms with Gasteiger partial charge in [-0.3, -0.25) is 4.79 Å². The lowest BCUT2D eigenvalue weighted by atomic mass is 10.1. The fourth-order valence-corrected chi connectivity index (χ4v) is 2.72. The molecule has 0 saturated heterocycles. The minimum Gasteiger partial charge on any atom is -0.368 e. The lowest BCUT2D eigenvalue weighted by Gasteiger charge is -2.13. The van der Waals surface area contributed by atoms with Crippen molar-refractivity contribution in [3.63, 3.8) is 0 Å². The minimum atomic E-state index is -4.44. The van der Waals surface area contributed by atoms with Crippen molar-refractivity contribution in [1.82, 2.24) is 9.97 Å². The summed E-state index contributed by atoms with van der Waals surface area (Å²) in [5.74, 6) is -0.305. The molecule has 1 amide bonds. The standard InChI is InChI=1S/C19H14ClF3N4O/c20-15-16(11-4-2-1-3-5-11)26-17(27-18(15)25-10-14(24)28)12-6-8-13(9-7-12)19(21,22)23/h1-9H,10H2,(H2,24,28)(H,25,26,27). The first-order valence-corrected chi connectivity index (χ1v) is 8.46. The largest absolute Gasteiger partial charge is 0.416 e. The average Bonchev–Trinajstić information content (AvgIpc) is 2.67. The summed E-state index contributed by atoms with van der Waals surface area (Å²) < 4.78 is 38.4. The Kier molecular flexibility index (Phi) is 5.51. The molecule has 0 radical (unpaired) electrons. The highest BCUT2D eigenvalue weighted by molar-refractivity contribution is 6.35. The van der Waals surface area contributed by atoms with Gasteiger partial charge in [0.2, 0.25) is 5.91 Å². The lowest BCUT2D eigenvalue weighted by molar-refractivity contribution is -0.137. The Morgan fingerprint density at radius 1 is 1.00 bits per heavy atom. The number of anilines is 1. The molecule has 1 aromatic heterocycles. The number of nitrogens with zero attached hydrogens (tertiary/aromatic N) is 2. The molecule has 28 heavy (non-hydrogen) atoms. The van der Waals surface area contributed by atoms with Gasteiger partial charge in [-0.25, -0.2) is 9.97 Å². The van der Waals surface area contributed by atoms with Crippen molar-refractivity contribution >= 4 is 23.3 Å². The summed E-state index contributed by atoms with van der Waals surface area (Å²) in [6.07, 6.45) is -4.44. The molecule has 0 saturated carbocycles. The van der Waals surface area contributed by atoms with Crippen LogP contribution in [-0.2, 0) is 11.0 Å². The van der Waals surface area contributed by atoms with E-state index in [-0.39, 0.29) is 23.2 Å². The Morgan fingerprint density at radius 3 is 2.21 bits per heavy atom. The van der Waals surface area contributed by atoms with Gasteiger partial charge < -0.3 is 11.1 Å². The number of rotatable bonds is 5. The predicted octanol–water partition coefficient (Wildman–Crippen LogP) is 4.38. The Bertz CT molecular complexity index is 993. The fourth-order valence-electron chi connectivity index (χ4n) is 2.46. The van der Waals surface area contributed by atoms with Gasteiger partial charge in [-0.2, -0.15) is 13.2 Å². The molecule has 3 rings (SSSR count). The van der Waals surface area contributed by atoms with E-state index in [1.165, 1.54) is 12.1 Å². The fraction of sp³-hybridized carbons (Fsp3) is 0.105. The number of nitrogens with one attached hydrogen (secondary N) is 1. The molecule has 0 spiro atoms. The van der Waals surface area contributed by atoms with Gasteiger partial charge in [0.05, 0.1) is 17.8 Å². The average molecular weight is 407 g/mol. The van der Waals surface area contributed by atoms with Crippen LogP contribution >= 0.6 is 11.6 Å². The van der Waals surface area contributed by atoms with Gasteiger partial charge in [0, 0.05) is 11.1 Å². The van der Waals surface area contributed by atoms with E-state index in [1.807, 2.05) is 6.07 Å². The second-order valence-electron chi connectivity index (χ2n) is 5.82. The van der Waals surface area contributed by atoms with Gasteiger partial charge in [0.15, 0.2) is 5.82 Å². The van der Waals surface area contributed by atoms with Crippen LogP contribution in [0.25, 0.3) is 22.6 Å². The zero-order valence-corrected chi connectivity index (χ0v) is 15.1. The Balaban J connectivity index is 2.10. The zero-order chi connectivity index (χ0) is 20.3. The van der Waals surface area contributed by atoms with Crippen LogP contribution in [0.5, 0.6) is 0 Å². The Morgan fingerprint density at radius 2 is 1.64 bits per heavy atom. The third-order valence-corrected chi connectivity index (χ3v) is 4.16. The van der Waals surface area contributed by atoms with E-state index in [1.54, 1.807) is 24.3 Å². The summed E-state index contributed by atoms with van der Waals surface area (Å²) >= 11 is 6.38. The summed E-state index contributed by atoms with van der Waals surface area (Å²) in [4.78, 5) is 19.8. The number of amides is 1. The van der Waals surface area contributed by atoms with Crippen molar-refractivity contribution in [3.8, 4) is 22.6 Å². The van der Waals surface area contributed by atoms with E-state index in [2.05, 4.69) is 15.3 Å². The van der Waals surface area contributed by atoms with Crippen LogP contribution in [-0.4, -0.2) is 22.4 Å². The minimum absolute atomic E-state index is 0.156. The topological polar surface area (TPSA) is 80.9 Å². The van der Waals surface area contributed by atoms with Crippen molar-refractivity contribution < 1.29 is 18.0 Å². The maximum atomic E-state index is 12.8. The summed E-state index contributed by atoms with van der Waals surface area (Å²) in [6.45, 7) is -0.211. The first-order chi connectivity index (χ1) is 13.3. The Labute approximate surface area is 163 Å². The number of halogens is 4. The highest BCUT2D eigenvalue weighted by atomic mass is 35.5. The highest BCUT2D eigenvalue weighted by Gasteiger charge is 2.30. The summed E-state index contributed by atoms with van der Waals surface area (Å²) in [5.41, 5.74) is 5.80. The second kappa shape index (κ2) is 7.85. The molecule has 1 heterocycles. The van der Waals surface area contributed by atoms with Crippen LogP contribution in [0.3, 0.4) is 0 Å². The molecular weight excluding hydrogens is 393 g/mol. The normalized spacial score (nSPS) is 11.3. The van der Waals surface area contributed by atoms with Gasteiger partial charge in [-0.1, -0.05) is 54.1 Å². The first-order valence-electron chi connectivity index (χ1n) is 8.08. The number of nitrogens with two attached hydrogens (primary N) is 1. The molecule has 0 aliphatic heterocycles. The van der Waals surface area contributed by atoms with E-state index in [4.69, 9.17) is 17.3 Å². The number of benzene rings is 2. The van der Waals surface area contributed by atoms with Crippen LogP contribution in [0.1, 0.15) is 5.56 Å². The van der Waals surface area contributed by atoms with E-state index in [9.17, 15) is 18.0 Å². The monoisotopic (exact) mass is 406 g/mol. The molecular formula is C19H14ClF3N4O. The molecule has 5 nitrogen and oxygen atoms in total. The smallest absolute Gasteiger partial charge is 0.368 e. The molecule has 0 unspecified atom stereocenters. The quantitative estimate of drug-likeness (QED) is 0.659. The third kappa shape index (κ3) is 4.40. The number of alkyl halides is 3. The maximum Gasteiger partial charge on any atom is 0.416 e. The summed E-state index contributed by atoms with van der Waals surface area (Å²) in [6, 6.07) is 13.4. The van der Waals surface area contributed by atoms with Gasteiger partial charge in [0.25, 0.3) is 0 Å². The van der Waals surface area contributed by atoms with Crippen molar-refractivity contribution in [2.24, 2.45) is 5.73 Å². The van der Waals surface area contributed by atoms with Crippen molar-refractivity contribution in [2.75, 3.05) is 11.9 Å². The van der Waals surface area contributed by atoms with Gasteiger partial charge in [-0.05, 0) is 12.1 Å². The molecule has 0 aliphatic rings. The summed E-state index contributed by atoms with van der Waals surface area (Å²) in [5, 5.41) is 2.90. The van der Waals surface area contributed by atoms with Crippen molar-refractivity contribution in [1.29, 1.82) is 0 Å². The molecule has 0 bridgehead atoms. The van der Waals surface area contributed by atoms with Gasteiger partial charge >= 0.3 is 6.18 Å². The Hall–Kier alpha value is -3.13. The van der Waals surface area contributed by atoms with E-state index in [0.29, 0.717) is 16.8 Å². The molecule has 144 valence electrons. The number of aromatic nitrogens is 2. The van der Waals surface area contributed by atoms with Crippen molar-refractivity contribution in [2.45, 2.75) is 6.18 Å². The van der Waals surface area contributed by atoms with Crippen LogP contribution in [0, 0.1) is 0 Å². The van der Waals surface area contributed by atoms with Crippen LogP contribution < -0.4 is 11.1 Å². The van der Waals surface area contributed by atoms with Crippen LogP contribution in [0.15, 0.2) is 54.6 Å². The first kappa shape index (κ1) is 19.6. The molecule has 3 aromatic rings. The number of hydrogen-bond acceptors (Lipinski definition) is 4. The highest BCUT2D eigenvalue weighted by Crippen LogP contribution is 2.34. The van der Waals surface area contributed by atoms with Gasteiger partial charge in [-0.15, -0.1) is 0 Å². The SMILES string of the molecule is NC(=O)CNc1nc(-c2ccc(C(F)(F)F)cc2)nc(-c2ccccc2)c1Cl. The zero-order valence-electron chi connectivity index (χ0n) is 14.3. The van der Waals surface area contributed by atoms with E-state index >= 15 is 0 Å². The number of carbonyl (C=O) groups excluding carboxylic acids is 1. The van der Waals surface area contributed by atoms with Crippen molar-refractivity contribution in [3.05, 3.63) is 65.2 Å². The predicted molar refractivity (Wildman–Crippen MR) is 101 cm³/mol. The molecule has 0 atom stereocenters. The third-order valence-electron chi connectivity index (χ3n) is 3.80. The maximum absolute atomic E-state index is 12.8. The molecule has 0 aliphatic carbocycles. The van der Waals surface area contributed by atoms with E-state index in [0.717, 1.165) is 12.1 Å². The molecule has 2 aromatic carbocycles. The van der Waals surface area contributed by atoms with E-state index < -0.39 is 17.6 Å². The van der Waals surface area contributed by atoms with Crippen LogP contribution in [0.4, 0.5) is 19.0 Å². The number of hydrogen-bond donors (Lipinski definition) is 2. The summed E-state index contributed by atoms with van der Waals surface area (Å²) in [7, 11) is 0. The number of primary amides is 1. The molecule has 0 fully saturated rings. The lowest BCUT2D eigenvalue weighted by Crippen LogP contribution is -2.22. The molecule has 3 N–H and O–H groups in total. The second-order valence-corrected chi connectivity index (χ2v) is 6.20. The van der Waals surface area contributed by atoms with Crippen LogP contribution in [0.2, 0.25) is 5.02 Å². The van der Waals surface area contributed by atoms with Gasteiger partial charge in [0.1, 0.15) is 10.8 Å². The molecule has 9 heteroatoms.